The largest absolute Gasteiger partial charge is 0.462 e. The van der Waals surface area contributed by atoms with Crippen LogP contribution in [0.1, 0.15) is 39.4 Å². The number of carbonyl (C=O) groups excluding carboxylic acids is 3. The first kappa shape index (κ1) is 24.5. The Morgan fingerprint density at radius 2 is 1.73 bits per heavy atom. The van der Waals surface area contributed by atoms with Crippen molar-refractivity contribution in [2.45, 2.75) is 20.8 Å². The van der Waals surface area contributed by atoms with Gasteiger partial charge in [-0.1, -0.05) is 12.1 Å². The normalized spacial score (nSPS) is 13.4. The number of nitrogens with zero attached hydrogens (tertiary/aromatic N) is 1. The second-order valence-electron chi connectivity index (χ2n) is 7.22. The molecule has 1 amide bonds. The maximum absolute atomic E-state index is 12.8. The molecule has 10 heteroatoms. The number of carbonyl (C=O) groups is 3. The van der Waals surface area contributed by atoms with Crippen LogP contribution in [0.3, 0.4) is 0 Å². The fraction of sp³-hybridized carbons (Fsp3) is 0.435. The van der Waals surface area contributed by atoms with Gasteiger partial charge in [-0.05, 0) is 38.5 Å². The van der Waals surface area contributed by atoms with Crippen LogP contribution in [-0.4, -0.2) is 63.9 Å². The van der Waals surface area contributed by atoms with Crippen LogP contribution in [-0.2, 0) is 19.0 Å². The van der Waals surface area contributed by atoms with E-state index in [0.717, 1.165) is 35.8 Å². The van der Waals surface area contributed by atoms with E-state index < -0.39 is 11.9 Å². The van der Waals surface area contributed by atoms with Gasteiger partial charge in [0.05, 0.1) is 49.9 Å². The molecule has 2 heterocycles. The van der Waals surface area contributed by atoms with E-state index in [4.69, 9.17) is 14.2 Å². The number of thiophene rings is 1. The molecule has 178 valence electrons. The van der Waals surface area contributed by atoms with E-state index in [1.54, 1.807) is 20.8 Å². The number of nitrogens with one attached hydrogen (secondary N) is 2. The highest BCUT2D eigenvalue weighted by molar-refractivity contribution is 7.18. The molecule has 0 saturated carbocycles. The molecule has 0 unspecified atom stereocenters. The Balaban J connectivity index is 1.74. The van der Waals surface area contributed by atoms with Gasteiger partial charge in [-0.2, -0.15) is 0 Å². The smallest absolute Gasteiger partial charge is 0.348 e. The molecule has 0 spiro atoms. The Morgan fingerprint density at radius 1 is 1.06 bits per heavy atom. The number of benzene rings is 1. The average Bonchev–Trinajstić information content (AvgIpc) is 3.14. The van der Waals surface area contributed by atoms with Crippen LogP contribution in [0.5, 0.6) is 0 Å². The molecule has 1 aliphatic heterocycles. The van der Waals surface area contributed by atoms with Gasteiger partial charge in [-0.25, -0.2) is 9.59 Å². The van der Waals surface area contributed by atoms with Gasteiger partial charge in [0.25, 0.3) is 0 Å². The van der Waals surface area contributed by atoms with Crippen molar-refractivity contribution in [1.82, 2.24) is 0 Å². The molecular formula is C23H29N3O6S. The maximum Gasteiger partial charge on any atom is 0.348 e. The van der Waals surface area contributed by atoms with Crippen LogP contribution in [0.15, 0.2) is 24.3 Å². The predicted octanol–water partition coefficient (Wildman–Crippen LogP) is 3.30. The minimum absolute atomic E-state index is 0.0185. The van der Waals surface area contributed by atoms with E-state index >= 15 is 0 Å². The van der Waals surface area contributed by atoms with E-state index in [-0.39, 0.29) is 41.1 Å². The van der Waals surface area contributed by atoms with Gasteiger partial charge in [-0.15, -0.1) is 11.3 Å². The third-order valence-electron chi connectivity index (χ3n) is 5.04. The second-order valence-corrected chi connectivity index (χ2v) is 8.24. The van der Waals surface area contributed by atoms with E-state index in [1.807, 2.05) is 24.3 Å². The van der Waals surface area contributed by atoms with Crippen LogP contribution in [0.4, 0.5) is 16.4 Å². The SMILES string of the molecule is CCOC(=O)c1sc(NC(=O)CNc2ccccc2N2CCOCC2)c(C(=O)OCC)c1C. The van der Waals surface area contributed by atoms with E-state index in [1.165, 1.54) is 0 Å². The Morgan fingerprint density at radius 3 is 2.42 bits per heavy atom. The predicted molar refractivity (Wildman–Crippen MR) is 128 cm³/mol. The average molecular weight is 476 g/mol. The standard InChI is InChI=1S/C23H29N3O6S/c1-4-31-22(28)19-15(3)20(23(29)32-5-2)33-21(19)25-18(27)14-24-16-8-6-7-9-17(16)26-10-12-30-13-11-26/h6-9,24H,4-5,10-14H2,1-3H3,(H,25,27). The first-order valence-electron chi connectivity index (χ1n) is 10.9. The number of amides is 1. The molecule has 1 aromatic heterocycles. The summed E-state index contributed by atoms with van der Waals surface area (Å²) in [6, 6.07) is 7.76. The quantitative estimate of drug-likeness (QED) is 0.532. The number of para-hydroxylation sites is 2. The highest BCUT2D eigenvalue weighted by atomic mass is 32.1. The first-order chi connectivity index (χ1) is 16.0. The number of esters is 2. The lowest BCUT2D eigenvalue weighted by molar-refractivity contribution is -0.114. The molecule has 3 rings (SSSR count). The number of ether oxygens (including phenoxy) is 3. The summed E-state index contributed by atoms with van der Waals surface area (Å²) in [5.74, 6) is -1.49. The van der Waals surface area contributed by atoms with Crippen LogP contribution >= 0.6 is 11.3 Å². The molecule has 1 aliphatic rings. The lowest BCUT2D eigenvalue weighted by Crippen LogP contribution is -2.36. The van der Waals surface area contributed by atoms with Crippen molar-refractivity contribution in [1.29, 1.82) is 0 Å². The lowest BCUT2D eigenvalue weighted by Gasteiger charge is -2.30. The van der Waals surface area contributed by atoms with Crippen LogP contribution in [0, 0.1) is 6.92 Å². The van der Waals surface area contributed by atoms with E-state index in [9.17, 15) is 14.4 Å². The second kappa shape index (κ2) is 11.7. The van der Waals surface area contributed by atoms with Crippen LogP contribution < -0.4 is 15.5 Å². The summed E-state index contributed by atoms with van der Waals surface area (Å²) in [6.45, 7) is 8.28. The topological polar surface area (TPSA) is 106 Å². The zero-order chi connectivity index (χ0) is 23.8. The fourth-order valence-corrected chi connectivity index (χ4v) is 4.60. The Kier molecular flexibility index (Phi) is 8.67. The van der Waals surface area contributed by atoms with Gasteiger partial charge in [0.2, 0.25) is 5.91 Å². The highest BCUT2D eigenvalue weighted by Crippen LogP contribution is 2.34. The van der Waals surface area contributed by atoms with Crippen molar-refractivity contribution in [2.24, 2.45) is 0 Å². The number of morpholine rings is 1. The highest BCUT2D eigenvalue weighted by Gasteiger charge is 2.27. The van der Waals surface area contributed by atoms with Crippen LogP contribution in [0.25, 0.3) is 0 Å². The van der Waals surface area contributed by atoms with Gasteiger partial charge in [0.1, 0.15) is 9.88 Å². The zero-order valence-electron chi connectivity index (χ0n) is 19.1. The molecule has 9 nitrogen and oxygen atoms in total. The summed E-state index contributed by atoms with van der Waals surface area (Å²) < 4.78 is 15.6. The fourth-order valence-electron chi connectivity index (χ4n) is 3.49. The number of hydrogen-bond acceptors (Lipinski definition) is 9. The minimum Gasteiger partial charge on any atom is -0.462 e. The summed E-state index contributed by atoms with van der Waals surface area (Å²) in [7, 11) is 0. The van der Waals surface area contributed by atoms with Crippen molar-refractivity contribution in [3.8, 4) is 0 Å². The van der Waals surface area contributed by atoms with Gasteiger partial charge in [-0.3, -0.25) is 4.79 Å². The number of hydrogen-bond donors (Lipinski definition) is 2. The molecule has 1 aromatic carbocycles. The summed E-state index contributed by atoms with van der Waals surface area (Å²) in [6.07, 6.45) is 0. The van der Waals surface area contributed by atoms with Crippen molar-refractivity contribution < 1.29 is 28.6 Å². The monoisotopic (exact) mass is 475 g/mol. The molecule has 0 aliphatic carbocycles. The Hall–Kier alpha value is -3.11. The Labute approximate surface area is 197 Å². The third-order valence-corrected chi connectivity index (χ3v) is 6.22. The summed E-state index contributed by atoms with van der Waals surface area (Å²) in [5.41, 5.74) is 2.43. The first-order valence-corrected chi connectivity index (χ1v) is 11.7. The molecule has 2 N–H and O–H groups in total. The minimum atomic E-state index is -0.595. The van der Waals surface area contributed by atoms with Gasteiger partial charge in [0, 0.05) is 13.1 Å². The molecule has 0 atom stereocenters. The molecule has 1 saturated heterocycles. The third kappa shape index (κ3) is 6.02. The van der Waals surface area contributed by atoms with Crippen molar-refractivity contribution in [3.05, 3.63) is 40.3 Å². The zero-order valence-corrected chi connectivity index (χ0v) is 19.9. The summed E-state index contributed by atoms with van der Waals surface area (Å²) in [5, 5.41) is 6.19. The van der Waals surface area contributed by atoms with E-state index in [2.05, 4.69) is 15.5 Å². The van der Waals surface area contributed by atoms with Crippen molar-refractivity contribution in [2.75, 3.05) is 61.6 Å². The van der Waals surface area contributed by atoms with Crippen molar-refractivity contribution >= 4 is 45.6 Å². The summed E-state index contributed by atoms with van der Waals surface area (Å²) >= 11 is 1.01. The molecule has 0 radical (unpaired) electrons. The maximum atomic E-state index is 12.8. The van der Waals surface area contributed by atoms with Gasteiger partial charge >= 0.3 is 11.9 Å². The number of anilines is 3. The number of rotatable bonds is 9. The van der Waals surface area contributed by atoms with Crippen molar-refractivity contribution in [3.63, 3.8) is 0 Å². The van der Waals surface area contributed by atoms with Crippen LogP contribution in [0.2, 0.25) is 0 Å². The lowest BCUT2D eigenvalue weighted by atomic mass is 10.1. The van der Waals surface area contributed by atoms with E-state index in [0.29, 0.717) is 18.8 Å². The van der Waals surface area contributed by atoms with Gasteiger partial charge in [0.15, 0.2) is 0 Å². The molecule has 2 aromatic rings. The summed E-state index contributed by atoms with van der Waals surface area (Å²) in [4.78, 5) is 40.0. The molecular weight excluding hydrogens is 446 g/mol. The van der Waals surface area contributed by atoms with Gasteiger partial charge < -0.3 is 29.7 Å². The molecule has 1 fully saturated rings. The Bertz CT molecular complexity index is 1000. The molecule has 33 heavy (non-hydrogen) atoms. The molecule has 0 bridgehead atoms.